The smallest absolute Gasteiger partial charge is 0.0545 e. The molecule has 10 aromatic carbocycles. The molecule has 0 atom stereocenters. The molecule has 4 aliphatic rings. The standard InChI is InChI=1S/C72H61N3/c1-69(2)58-27-17-15-25-54(58)56-38-36-51(42-61(56)69)74(52-37-39-57-55-26-16-18-28-59(55)70(3,4)62(57)43-52)53-44-64-68-65(45-53)72(7,8)63-41-47(33-40-67(63)75(68)66-30-20-19-29-60(66)71(64,5)6)46-31-34-50(35-32-46)73(48-21-11-9-12-22-48)49-23-13-10-14-24-49/h9-45H,1-8H3. The Labute approximate surface area is 443 Å². The molecule has 364 valence electrons. The fourth-order valence-electron chi connectivity index (χ4n) is 13.7. The molecule has 0 unspecified atom stereocenters. The summed E-state index contributed by atoms with van der Waals surface area (Å²) in [6, 6.07) is 84.3. The van der Waals surface area contributed by atoms with Crippen LogP contribution in [0.15, 0.2) is 224 Å². The van der Waals surface area contributed by atoms with E-state index in [-0.39, 0.29) is 21.7 Å². The second-order valence-corrected chi connectivity index (χ2v) is 23.4. The average molecular weight is 968 g/mol. The van der Waals surface area contributed by atoms with E-state index in [2.05, 4.69) is 295 Å². The quantitative estimate of drug-likeness (QED) is 0.158. The van der Waals surface area contributed by atoms with E-state index in [1.807, 2.05) is 0 Å². The summed E-state index contributed by atoms with van der Waals surface area (Å²) >= 11 is 0. The summed E-state index contributed by atoms with van der Waals surface area (Å²) < 4.78 is 0. The predicted molar refractivity (Wildman–Crippen MR) is 315 cm³/mol. The van der Waals surface area contributed by atoms with Gasteiger partial charge in [-0.15, -0.1) is 0 Å². The molecule has 2 aliphatic heterocycles. The summed E-state index contributed by atoms with van der Waals surface area (Å²) in [5, 5.41) is 0. The summed E-state index contributed by atoms with van der Waals surface area (Å²) in [6.45, 7) is 19.4. The van der Waals surface area contributed by atoms with Gasteiger partial charge in [-0.25, -0.2) is 0 Å². The van der Waals surface area contributed by atoms with E-state index in [1.165, 1.54) is 112 Å². The molecule has 0 bridgehead atoms. The van der Waals surface area contributed by atoms with Gasteiger partial charge in [0.1, 0.15) is 0 Å². The third-order valence-electron chi connectivity index (χ3n) is 17.8. The van der Waals surface area contributed by atoms with E-state index in [9.17, 15) is 0 Å². The minimum Gasteiger partial charge on any atom is -0.311 e. The van der Waals surface area contributed by atoms with Crippen molar-refractivity contribution in [3.63, 3.8) is 0 Å². The number of nitrogens with zero attached hydrogens (tertiary/aromatic N) is 3. The Balaban J connectivity index is 0.956. The summed E-state index contributed by atoms with van der Waals surface area (Å²) in [7, 11) is 0. The lowest BCUT2D eigenvalue weighted by Crippen LogP contribution is -2.38. The molecule has 0 fully saturated rings. The second-order valence-electron chi connectivity index (χ2n) is 23.4. The Morgan fingerprint density at radius 2 is 0.627 bits per heavy atom. The van der Waals surface area contributed by atoms with Crippen LogP contribution in [0.2, 0.25) is 0 Å². The van der Waals surface area contributed by atoms with Crippen LogP contribution in [0.4, 0.5) is 51.2 Å². The minimum absolute atomic E-state index is 0.157. The van der Waals surface area contributed by atoms with Crippen LogP contribution >= 0.6 is 0 Å². The van der Waals surface area contributed by atoms with Crippen LogP contribution in [0, 0.1) is 0 Å². The maximum atomic E-state index is 2.59. The van der Waals surface area contributed by atoms with Crippen molar-refractivity contribution in [1.29, 1.82) is 0 Å². The van der Waals surface area contributed by atoms with Gasteiger partial charge in [-0.1, -0.05) is 189 Å². The first-order valence-corrected chi connectivity index (χ1v) is 26.8. The Morgan fingerprint density at radius 1 is 0.253 bits per heavy atom. The van der Waals surface area contributed by atoms with Crippen LogP contribution < -0.4 is 14.7 Å². The number of fused-ring (bicyclic) bond motifs is 10. The van der Waals surface area contributed by atoms with Crippen LogP contribution in [0.1, 0.15) is 99.9 Å². The molecular formula is C72H61N3. The van der Waals surface area contributed by atoms with E-state index < -0.39 is 0 Å². The van der Waals surface area contributed by atoms with Crippen molar-refractivity contribution >= 4 is 51.2 Å². The van der Waals surface area contributed by atoms with Crippen molar-refractivity contribution in [2.45, 2.75) is 77.0 Å². The van der Waals surface area contributed by atoms with Gasteiger partial charge in [0.2, 0.25) is 0 Å². The van der Waals surface area contributed by atoms with Gasteiger partial charge in [-0.3, -0.25) is 0 Å². The van der Waals surface area contributed by atoms with Crippen molar-refractivity contribution in [3.8, 4) is 33.4 Å². The van der Waals surface area contributed by atoms with Crippen molar-refractivity contribution < 1.29 is 0 Å². The highest BCUT2D eigenvalue weighted by molar-refractivity contribution is 5.97. The second kappa shape index (κ2) is 16.1. The molecule has 0 saturated carbocycles. The summed E-state index contributed by atoms with van der Waals surface area (Å²) in [6.07, 6.45) is 0. The fourth-order valence-corrected chi connectivity index (χ4v) is 13.7. The van der Waals surface area contributed by atoms with Gasteiger partial charge < -0.3 is 14.7 Å². The number of anilines is 9. The van der Waals surface area contributed by atoms with Crippen molar-refractivity contribution in [2.75, 3.05) is 14.7 Å². The molecule has 2 heterocycles. The molecule has 14 rings (SSSR count). The van der Waals surface area contributed by atoms with Gasteiger partial charge in [-0.2, -0.15) is 0 Å². The minimum atomic E-state index is -0.379. The molecule has 0 N–H and O–H groups in total. The topological polar surface area (TPSA) is 9.72 Å². The van der Waals surface area contributed by atoms with Gasteiger partial charge in [0.15, 0.2) is 0 Å². The van der Waals surface area contributed by atoms with E-state index in [0.29, 0.717) is 0 Å². The lowest BCUT2D eigenvalue weighted by Gasteiger charge is -2.50. The van der Waals surface area contributed by atoms with Gasteiger partial charge in [0, 0.05) is 55.8 Å². The molecular weight excluding hydrogens is 907 g/mol. The molecule has 3 heteroatoms. The summed E-state index contributed by atoms with van der Waals surface area (Å²) in [5.41, 5.74) is 28.2. The summed E-state index contributed by atoms with van der Waals surface area (Å²) in [4.78, 5) is 7.50. The lowest BCUT2D eigenvalue weighted by atomic mass is 9.66. The molecule has 0 amide bonds. The summed E-state index contributed by atoms with van der Waals surface area (Å²) in [5.74, 6) is 0. The molecule has 75 heavy (non-hydrogen) atoms. The van der Waals surface area contributed by atoms with Gasteiger partial charge in [-0.05, 0) is 169 Å². The van der Waals surface area contributed by atoms with E-state index in [4.69, 9.17) is 0 Å². The van der Waals surface area contributed by atoms with E-state index >= 15 is 0 Å². The maximum Gasteiger partial charge on any atom is 0.0545 e. The third-order valence-corrected chi connectivity index (χ3v) is 17.8. The first kappa shape index (κ1) is 45.2. The molecule has 0 saturated heterocycles. The van der Waals surface area contributed by atoms with Gasteiger partial charge in [0.05, 0.1) is 17.1 Å². The fraction of sp³-hybridized carbons (Fsp3) is 0.167. The number of benzene rings is 10. The lowest BCUT2D eigenvalue weighted by molar-refractivity contribution is 0.597. The van der Waals surface area contributed by atoms with E-state index in [0.717, 1.165) is 17.1 Å². The van der Waals surface area contributed by atoms with Gasteiger partial charge >= 0.3 is 0 Å². The zero-order valence-corrected chi connectivity index (χ0v) is 44.2. The molecule has 3 nitrogen and oxygen atoms in total. The molecule has 10 aromatic rings. The normalized spacial score (nSPS) is 15.9. The maximum absolute atomic E-state index is 2.59. The van der Waals surface area contributed by atoms with Crippen LogP contribution in [0.3, 0.4) is 0 Å². The largest absolute Gasteiger partial charge is 0.311 e. The third kappa shape index (κ3) is 6.53. The van der Waals surface area contributed by atoms with Crippen molar-refractivity contribution in [2.24, 2.45) is 0 Å². The van der Waals surface area contributed by atoms with E-state index in [1.54, 1.807) is 0 Å². The SMILES string of the molecule is CC1(C)c2ccccc2-c2ccc(N(c3ccc4c(c3)C(C)(C)c3ccccc3-4)c3cc4c5c(c3)C(C)(C)c3cc(-c6ccc(N(c7ccccc7)c7ccccc7)cc6)ccc3N5c3ccccc3C4(C)C)cc21. The molecule has 0 radical (unpaired) electrons. The van der Waals surface area contributed by atoms with Crippen LogP contribution in [0.25, 0.3) is 33.4 Å². The Kier molecular flexibility index (Phi) is 9.68. The monoisotopic (exact) mass is 967 g/mol. The van der Waals surface area contributed by atoms with Gasteiger partial charge in [0.25, 0.3) is 0 Å². The Hall–Kier alpha value is -8.40. The highest BCUT2D eigenvalue weighted by Gasteiger charge is 2.47. The number of hydrogen-bond acceptors (Lipinski definition) is 3. The highest BCUT2D eigenvalue weighted by atomic mass is 15.2. The molecule has 0 aromatic heterocycles. The zero-order chi connectivity index (χ0) is 51.2. The van der Waals surface area contributed by atoms with Crippen LogP contribution in [-0.4, -0.2) is 0 Å². The van der Waals surface area contributed by atoms with Crippen LogP contribution in [-0.2, 0) is 21.7 Å². The van der Waals surface area contributed by atoms with Crippen molar-refractivity contribution in [3.05, 3.63) is 269 Å². The van der Waals surface area contributed by atoms with Crippen molar-refractivity contribution in [1.82, 2.24) is 0 Å². The number of rotatable bonds is 7. The first-order valence-electron chi connectivity index (χ1n) is 26.8. The first-order chi connectivity index (χ1) is 36.2. The highest BCUT2D eigenvalue weighted by Crippen LogP contribution is 2.62. The van der Waals surface area contributed by atoms with Crippen LogP contribution in [0.5, 0.6) is 0 Å². The Bertz CT molecular complexity index is 3810. The Morgan fingerprint density at radius 3 is 1.17 bits per heavy atom. The number of para-hydroxylation sites is 3. The average Bonchev–Trinajstić information content (AvgIpc) is 3.86. The zero-order valence-electron chi connectivity index (χ0n) is 44.2. The number of hydrogen-bond donors (Lipinski definition) is 0. The predicted octanol–water partition coefficient (Wildman–Crippen LogP) is 19.7. The molecule has 0 spiro atoms. The molecule has 2 aliphatic carbocycles.